The highest BCUT2D eigenvalue weighted by atomic mass is 32.2. The quantitative estimate of drug-likeness (QED) is 0.736. The molecule has 0 saturated carbocycles. The minimum absolute atomic E-state index is 0.0197. The summed E-state index contributed by atoms with van der Waals surface area (Å²) >= 11 is 0. The van der Waals surface area contributed by atoms with Gasteiger partial charge in [0.1, 0.15) is 0 Å². The normalized spacial score (nSPS) is 19.0. The van der Waals surface area contributed by atoms with E-state index in [2.05, 4.69) is 13.8 Å². The fraction of sp³-hybridized carbons (Fsp3) is 1.00. The molecule has 0 radical (unpaired) electrons. The van der Waals surface area contributed by atoms with E-state index in [1.54, 1.807) is 0 Å². The van der Waals surface area contributed by atoms with Crippen LogP contribution in [0.15, 0.2) is 0 Å². The van der Waals surface area contributed by atoms with Crippen LogP contribution >= 0.6 is 0 Å². The standard InChI is InChI=1S/C10H23NOS/c1-8(2)6-7-13(11,12)10(5)9(3)4/h8-11H,6-7H2,1-5H3/t10-,13-/m0/s1. The molecule has 0 aromatic rings. The summed E-state index contributed by atoms with van der Waals surface area (Å²) in [5, 5.41) is 0.0197. The maximum atomic E-state index is 11.9. The van der Waals surface area contributed by atoms with E-state index in [1.165, 1.54) is 0 Å². The fourth-order valence-electron chi connectivity index (χ4n) is 1.04. The first-order valence-corrected chi connectivity index (χ1v) is 6.81. The zero-order valence-corrected chi connectivity index (χ0v) is 10.3. The van der Waals surface area contributed by atoms with Crippen molar-refractivity contribution >= 4 is 9.73 Å². The molecule has 0 unspecified atom stereocenters. The summed E-state index contributed by atoms with van der Waals surface area (Å²) < 4.78 is 19.7. The Morgan fingerprint density at radius 2 is 1.62 bits per heavy atom. The monoisotopic (exact) mass is 205 g/mol. The summed E-state index contributed by atoms with van der Waals surface area (Å²) in [5.74, 6) is 1.45. The SMILES string of the molecule is CC(C)CC[S@](=N)(=O)[C@@H](C)C(C)C. The topological polar surface area (TPSA) is 40.9 Å². The van der Waals surface area contributed by atoms with E-state index in [9.17, 15) is 4.21 Å². The lowest BCUT2D eigenvalue weighted by Crippen LogP contribution is -2.25. The molecular weight excluding hydrogens is 182 g/mol. The summed E-state index contributed by atoms with van der Waals surface area (Å²) in [6, 6.07) is 0. The first-order valence-electron chi connectivity index (χ1n) is 5.02. The summed E-state index contributed by atoms with van der Waals surface area (Å²) in [6.07, 6.45) is 0.902. The highest BCUT2D eigenvalue weighted by molar-refractivity contribution is 7.93. The fourth-order valence-corrected chi connectivity index (χ4v) is 3.11. The second-order valence-electron chi connectivity index (χ2n) is 4.56. The van der Waals surface area contributed by atoms with Gasteiger partial charge in [-0.25, -0.2) is 4.21 Å². The van der Waals surface area contributed by atoms with Crippen LogP contribution in [0.1, 0.15) is 41.0 Å². The zero-order chi connectivity index (χ0) is 10.6. The molecule has 2 atom stereocenters. The molecule has 0 saturated heterocycles. The maximum absolute atomic E-state index is 11.9. The molecule has 0 aliphatic carbocycles. The molecule has 0 aromatic carbocycles. The first kappa shape index (κ1) is 12.9. The molecule has 13 heavy (non-hydrogen) atoms. The van der Waals surface area contributed by atoms with Crippen LogP contribution in [-0.2, 0) is 9.73 Å². The van der Waals surface area contributed by atoms with Crippen molar-refractivity contribution in [3.05, 3.63) is 0 Å². The summed E-state index contributed by atoms with van der Waals surface area (Å²) in [6.45, 7) is 10.2. The number of hydrogen-bond acceptors (Lipinski definition) is 2. The number of nitrogens with one attached hydrogen (secondary N) is 1. The Bertz CT molecular complexity index is 229. The highest BCUT2D eigenvalue weighted by Crippen LogP contribution is 2.15. The second kappa shape index (κ2) is 4.99. The molecular formula is C10H23NOS. The zero-order valence-electron chi connectivity index (χ0n) is 9.46. The predicted molar refractivity (Wildman–Crippen MR) is 59.5 cm³/mol. The Labute approximate surface area is 83.1 Å². The summed E-state index contributed by atoms with van der Waals surface area (Å²) in [5.41, 5.74) is 0. The average molecular weight is 205 g/mol. The molecule has 0 bridgehead atoms. The molecule has 3 heteroatoms. The van der Waals surface area contributed by atoms with Gasteiger partial charge in [-0.1, -0.05) is 27.7 Å². The smallest absolute Gasteiger partial charge is 0.0470 e. The predicted octanol–water partition coefficient (Wildman–Crippen LogP) is 3.12. The molecule has 0 aliphatic rings. The van der Waals surface area contributed by atoms with Gasteiger partial charge in [0.05, 0.1) is 0 Å². The summed E-state index contributed by atoms with van der Waals surface area (Å²) in [7, 11) is -2.35. The molecule has 0 heterocycles. The van der Waals surface area contributed by atoms with Crippen LogP contribution in [0.4, 0.5) is 0 Å². The van der Waals surface area contributed by atoms with Crippen LogP contribution in [0.5, 0.6) is 0 Å². The molecule has 1 N–H and O–H groups in total. The first-order chi connectivity index (χ1) is 5.77. The van der Waals surface area contributed by atoms with Crippen molar-refractivity contribution in [3.8, 4) is 0 Å². The Kier molecular flexibility index (Phi) is 4.97. The molecule has 0 fully saturated rings. The van der Waals surface area contributed by atoms with E-state index in [0.29, 0.717) is 17.6 Å². The third-order valence-corrected chi connectivity index (χ3v) is 5.13. The lowest BCUT2D eigenvalue weighted by Gasteiger charge is -2.19. The van der Waals surface area contributed by atoms with E-state index in [1.807, 2.05) is 20.8 Å². The molecule has 0 rings (SSSR count). The second-order valence-corrected chi connectivity index (χ2v) is 7.17. The average Bonchev–Trinajstić information content (AvgIpc) is 1.99. The third-order valence-electron chi connectivity index (χ3n) is 2.54. The van der Waals surface area contributed by atoms with Gasteiger partial charge < -0.3 is 0 Å². The van der Waals surface area contributed by atoms with E-state index in [0.717, 1.165) is 6.42 Å². The van der Waals surface area contributed by atoms with Gasteiger partial charge in [-0.05, 0) is 25.2 Å². The van der Waals surface area contributed by atoms with Gasteiger partial charge in [0.15, 0.2) is 0 Å². The lowest BCUT2D eigenvalue weighted by atomic mass is 10.1. The van der Waals surface area contributed by atoms with Gasteiger partial charge >= 0.3 is 0 Å². The van der Waals surface area contributed by atoms with Crippen molar-refractivity contribution in [2.45, 2.75) is 46.3 Å². The van der Waals surface area contributed by atoms with Gasteiger partial charge in [-0.2, -0.15) is 0 Å². The van der Waals surface area contributed by atoms with Crippen molar-refractivity contribution in [1.29, 1.82) is 4.78 Å². The Morgan fingerprint density at radius 1 is 1.15 bits per heavy atom. The largest absolute Gasteiger partial charge is 0.253 e. The van der Waals surface area contributed by atoms with Crippen molar-refractivity contribution in [2.75, 3.05) is 5.75 Å². The van der Waals surface area contributed by atoms with Crippen LogP contribution < -0.4 is 0 Å². The minimum Gasteiger partial charge on any atom is -0.253 e. The van der Waals surface area contributed by atoms with Gasteiger partial charge in [-0.3, -0.25) is 4.78 Å². The van der Waals surface area contributed by atoms with E-state index >= 15 is 0 Å². The van der Waals surface area contributed by atoms with Crippen molar-refractivity contribution in [3.63, 3.8) is 0 Å². The molecule has 0 spiro atoms. The molecule has 2 nitrogen and oxygen atoms in total. The van der Waals surface area contributed by atoms with Gasteiger partial charge in [0.2, 0.25) is 0 Å². The lowest BCUT2D eigenvalue weighted by molar-refractivity contribution is 0.580. The van der Waals surface area contributed by atoms with Crippen molar-refractivity contribution in [2.24, 2.45) is 11.8 Å². The number of hydrogen-bond donors (Lipinski definition) is 1. The van der Waals surface area contributed by atoms with Crippen LogP contribution in [0.3, 0.4) is 0 Å². The maximum Gasteiger partial charge on any atom is 0.0470 e. The number of rotatable bonds is 5. The van der Waals surface area contributed by atoms with Crippen LogP contribution in [0.2, 0.25) is 0 Å². The van der Waals surface area contributed by atoms with Crippen LogP contribution in [0, 0.1) is 16.6 Å². The van der Waals surface area contributed by atoms with E-state index in [4.69, 9.17) is 4.78 Å². The minimum atomic E-state index is -2.35. The third kappa shape index (κ3) is 4.65. The van der Waals surface area contributed by atoms with Crippen LogP contribution in [0.25, 0.3) is 0 Å². The van der Waals surface area contributed by atoms with Gasteiger partial charge in [-0.15, -0.1) is 0 Å². The molecule has 0 aromatic heterocycles. The summed E-state index contributed by atoms with van der Waals surface area (Å²) in [4.78, 5) is 0. The van der Waals surface area contributed by atoms with Crippen molar-refractivity contribution in [1.82, 2.24) is 0 Å². The highest BCUT2D eigenvalue weighted by Gasteiger charge is 2.19. The van der Waals surface area contributed by atoms with E-state index < -0.39 is 9.73 Å². The van der Waals surface area contributed by atoms with Crippen LogP contribution in [-0.4, -0.2) is 15.2 Å². The van der Waals surface area contributed by atoms with Gasteiger partial charge in [0, 0.05) is 20.7 Å². The van der Waals surface area contributed by atoms with Crippen molar-refractivity contribution < 1.29 is 4.21 Å². The van der Waals surface area contributed by atoms with E-state index in [-0.39, 0.29) is 5.25 Å². The Hall–Kier alpha value is -0.0500. The molecule has 80 valence electrons. The Morgan fingerprint density at radius 3 is 1.92 bits per heavy atom. The molecule has 0 aliphatic heterocycles. The molecule has 0 amide bonds. The van der Waals surface area contributed by atoms with Gasteiger partial charge in [0.25, 0.3) is 0 Å². The Balaban J connectivity index is 4.24.